The molecule has 1 aliphatic heterocycles. The first kappa shape index (κ1) is 21.7. The molecule has 1 rings (SSSR count). The third-order valence-corrected chi connectivity index (χ3v) is 4.00. The molecule has 1 unspecified atom stereocenters. The number of hydrogen-bond acceptors (Lipinski definition) is 2. The van der Waals surface area contributed by atoms with Crippen LogP contribution in [0.25, 0.3) is 0 Å². The Morgan fingerprint density at radius 2 is 2.14 bits per heavy atom. The standard InChI is InChI=1S/C17H34N4.HI/c1-4-6-8-12-19-17(18-5-2)20-13-10-15-21-14-9-7-11-16(21)3;/h4,6,16H,5,7-15H2,1-3H3,(H2,18,19,20);1H/b6-4+;. The summed E-state index contributed by atoms with van der Waals surface area (Å²) >= 11 is 0. The van der Waals surface area contributed by atoms with Gasteiger partial charge in [0, 0.05) is 32.2 Å². The molecule has 0 aliphatic carbocycles. The number of guanidine groups is 1. The summed E-state index contributed by atoms with van der Waals surface area (Å²) in [7, 11) is 0. The number of piperidine rings is 1. The number of halogens is 1. The summed E-state index contributed by atoms with van der Waals surface area (Å²) in [4.78, 5) is 7.28. The number of nitrogens with one attached hydrogen (secondary N) is 2. The molecule has 0 aromatic carbocycles. The summed E-state index contributed by atoms with van der Waals surface area (Å²) in [6.45, 7) is 11.7. The lowest BCUT2D eigenvalue weighted by atomic mass is 10.0. The fraction of sp³-hybridized carbons (Fsp3) is 0.824. The van der Waals surface area contributed by atoms with Crippen molar-refractivity contribution in [2.75, 3.05) is 32.7 Å². The Morgan fingerprint density at radius 1 is 1.32 bits per heavy atom. The molecular weight excluding hydrogens is 387 g/mol. The van der Waals surface area contributed by atoms with Gasteiger partial charge in [-0.05, 0) is 53.0 Å². The van der Waals surface area contributed by atoms with E-state index in [2.05, 4.69) is 53.4 Å². The second-order valence-corrected chi connectivity index (χ2v) is 5.78. The highest BCUT2D eigenvalue weighted by Crippen LogP contribution is 2.16. The molecule has 0 bridgehead atoms. The van der Waals surface area contributed by atoms with Crippen LogP contribution >= 0.6 is 24.0 Å². The number of likely N-dealkylation sites (tertiary alicyclic amines) is 1. The lowest BCUT2D eigenvalue weighted by molar-refractivity contribution is 0.160. The van der Waals surface area contributed by atoms with E-state index < -0.39 is 0 Å². The highest BCUT2D eigenvalue weighted by Gasteiger charge is 2.16. The third-order valence-electron chi connectivity index (χ3n) is 4.00. The van der Waals surface area contributed by atoms with Gasteiger partial charge >= 0.3 is 0 Å². The SMILES string of the molecule is C/C=C/CCNC(=NCCCN1CCCCC1C)NCC.I. The van der Waals surface area contributed by atoms with Gasteiger partial charge in [0.05, 0.1) is 0 Å². The number of nitrogens with zero attached hydrogens (tertiary/aromatic N) is 2. The van der Waals surface area contributed by atoms with E-state index in [0.29, 0.717) is 0 Å². The number of aliphatic imine (C=N–C) groups is 1. The third kappa shape index (κ3) is 9.66. The van der Waals surface area contributed by atoms with Crippen molar-refractivity contribution in [2.24, 2.45) is 4.99 Å². The van der Waals surface area contributed by atoms with Crippen LogP contribution in [0.1, 0.15) is 52.9 Å². The van der Waals surface area contributed by atoms with Crippen LogP contribution in [0.5, 0.6) is 0 Å². The minimum Gasteiger partial charge on any atom is -0.357 e. The zero-order valence-corrected chi connectivity index (χ0v) is 16.9. The summed E-state index contributed by atoms with van der Waals surface area (Å²) in [5.74, 6) is 0.952. The van der Waals surface area contributed by atoms with Crippen LogP contribution in [0.15, 0.2) is 17.1 Å². The smallest absolute Gasteiger partial charge is 0.191 e. The van der Waals surface area contributed by atoms with E-state index in [1.807, 2.05) is 0 Å². The minimum atomic E-state index is 0. The summed E-state index contributed by atoms with van der Waals surface area (Å²) in [5.41, 5.74) is 0. The molecule has 2 N–H and O–H groups in total. The molecule has 0 aromatic heterocycles. The molecule has 0 spiro atoms. The molecule has 0 amide bonds. The highest BCUT2D eigenvalue weighted by atomic mass is 127. The molecule has 1 fully saturated rings. The molecule has 22 heavy (non-hydrogen) atoms. The van der Waals surface area contributed by atoms with Crippen LogP contribution < -0.4 is 10.6 Å². The summed E-state index contributed by atoms with van der Waals surface area (Å²) in [6.07, 6.45) is 10.6. The highest BCUT2D eigenvalue weighted by molar-refractivity contribution is 14.0. The fourth-order valence-electron chi connectivity index (χ4n) is 2.74. The van der Waals surface area contributed by atoms with E-state index in [4.69, 9.17) is 0 Å². The molecule has 1 saturated heterocycles. The second-order valence-electron chi connectivity index (χ2n) is 5.78. The van der Waals surface area contributed by atoms with E-state index in [9.17, 15) is 0 Å². The average molecular weight is 422 g/mol. The van der Waals surface area contributed by atoms with Gasteiger partial charge in [0.1, 0.15) is 0 Å². The molecular formula is C17H35IN4. The van der Waals surface area contributed by atoms with Gasteiger partial charge in [0.15, 0.2) is 5.96 Å². The summed E-state index contributed by atoms with van der Waals surface area (Å²) < 4.78 is 0. The first-order chi connectivity index (χ1) is 10.3. The van der Waals surface area contributed by atoms with Gasteiger partial charge in [-0.1, -0.05) is 18.6 Å². The molecule has 5 heteroatoms. The van der Waals surface area contributed by atoms with Gasteiger partial charge in [0.2, 0.25) is 0 Å². The van der Waals surface area contributed by atoms with Crippen molar-refractivity contribution in [1.82, 2.24) is 15.5 Å². The average Bonchev–Trinajstić information content (AvgIpc) is 2.49. The van der Waals surface area contributed by atoms with Crippen molar-refractivity contribution in [2.45, 2.75) is 58.9 Å². The van der Waals surface area contributed by atoms with Crippen LogP contribution in [0.4, 0.5) is 0 Å². The largest absolute Gasteiger partial charge is 0.357 e. The van der Waals surface area contributed by atoms with Crippen molar-refractivity contribution >= 4 is 29.9 Å². The van der Waals surface area contributed by atoms with Gasteiger partial charge in [-0.25, -0.2) is 0 Å². The van der Waals surface area contributed by atoms with Gasteiger partial charge in [-0.3, -0.25) is 4.99 Å². The summed E-state index contributed by atoms with van der Waals surface area (Å²) in [6, 6.07) is 0.759. The lowest BCUT2D eigenvalue weighted by Crippen LogP contribution is -2.39. The number of allylic oxidation sites excluding steroid dienone is 1. The van der Waals surface area contributed by atoms with Crippen LogP contribution in [0.2, 0.25) is 0 Å². The van der Waals surface area contributed by atoms with E-state index in [1.54, 1.807) is 0 Å². The van der Waals surface area contributed by atoms with Crippen LogP contribution in [0, 0.1) is 0 Å². The molecule has 1 atom stereocenters. The Bertz CT molecular complexity index is 318. The predicted molar refractivity (Wildman–Crippen MR) is 108 cm³/mol. The minimum absolute atomic E-state index is 0. The van der Waals surface area contributed by atoms with Gasteiger partial charge in [-0.2, -0.15) is 0 Å². The van der Waals surface area contributed by atoms with Gasteiger partial charge in [0.25, 0.3) is 0 Å². The molecule has 0 aromatic rings. The van der Waals surface area contributed by atoms with E-state index >= 15 is 0 Å². The fourth-order valence-corrected chi connectivity index (χ4v) is 2.74. The Hall–Kier alpha value is -0.300. The Balaban J connectivity index is 0.00000441. The molecule has 0 radical (unpaired) electrons. The zero-order valence-electron chi connectivity index (χ0n) is 14.6. The molecule has 1 aliphatic rings. The zero-order chi connectivity index (χ0) is 15.3. The molecule has 1 heterocycles. The number of rotatable bonds is 8. The normalized spacial score (nSPS) is 20.0. The van der Waals surface area contributed by atoms with Crippen LogP contribution in [0.3, 0.4) is 0 Å². The maximum absolute atomic E-state index is 4.66. The Kier molecular flexibility index (Phi) is 14.1. The van der Waals surface area contributed by atoms with E-state index in [-0.39, 0.29) is 24.0 Å². The molecule has 130 valence electrons. The Labute approximate surface area is 154 Å². The number of hydrogen-bond donors (Lipinski definition) is 2. The maximum Gasteiger partial charge on any atom is 0.191 e. The maximum atomic E-state index is 4.66. The van der Waals surface area contributed by atoms with Gasteiger partial charge < -0.3 is 15.5 Å². The van der Waals surface area contributed by atoms with Crippen molar-refractivity contribution in [3.8, 4) is 0 Å². The summed E-state index contributed by atoms with van der Waals surface area (Å²) in [5, 5.41) is 6.68. The monoisotopic (exact) mass is 422 g/mol. The first-order valence-electron chi connectivity index (χ1n) is 8.65. The molecule has 4 nitrogen and oxygen atoms in total. The topological polar surface area (TPSA) is 39.7 Å². The van der Waals surface area contributed by atoms with E-state index in [0.717, 1.165) is 44.5 Å². The van der Waals surface area contributed by atoms with E-state index in [1.165, 1.54) is 32.4 Å². The quantitative estimate of drug-likeness (QED) is 0.207. The van der Waals surface area contributed by atoms with Crippen molar-refractivity contribution in [1.29, 1.82) is 0 Å². The second kappa shape index (κ2) is 14.3. The first-order valence-corrected chi connectivity index (χ1v) is 8.65. The van der Waals surface area contributed by atoms with Crippen molar-refractivity contribution < 1.29 is 0 Å². The Morgan fingerprint density at radius 3 is 2.82 bits per heavy atom. The van der Waals surface area contributed by atoms with Crippen molar-refractivity contribution in [3.05, 3.63) is 12.2 Å². The van der Waals surface area contributed by atoms with Crippen molar-refractivity contribution in [3.63, 3.8) is 0 Å². The van der Waals surface area contributed by atoms with Crippen LogP contribution in [-0.4, -0.2) is 49.6 Å². The predicted octanol–water partition coefficient (Wildman–Crippen LogP) is 3.39. The molecule has 0 saturated carbocycles. The lowest BCUT2D eigenvalue weighted by Gasteiger charge is -2.33. The van der Waals surface area contributed by atoms with Crippen LogP contribution in [-0.2, 0) is 0 Å². The van der Waals surface area contributed by atoms with Gasteiger partial charge in [-0.15, -0.1) is 24.0 Å².